The van der Waals surface area contributed by atoms with Gasteiger partial charge in [0.25, 0.3) is 0 Å². The molecule has 120 valence electrons. The molecule has 1 saturated carbocycles. The molecule has 4 atom stereocenters. The predicted octanol–water partition coefficient (Wildman–Crippen LogP) is 1.33. The summed E-state index contributed by atoms with van der Waals surface area (Å²) in [5, 5.41) is 9.26. The van der Waals surface area contributed by atoms with Crippen LogP contribution >= 0.6 is 0 Å². The average molecular weight is 295 g/mol. The van der Waals surface area contributed by atoms with E-state index in [2.05, 4.69) is 16.0 Å². The van der Waals surface area contributed by atoms with E-state index in [1.165, 1.54) is 25.7 Å². The van der Waals surface area contributed by atoms with E-state index in [0.29, 0.717) is 24.9 Å². The molecule has 5 nitrogen and oxygen atoms in total. The number of hydrogen-bond acceptors (Lipinski definition) is 3. The molecule has 5 heteroatoms. The van der Waals surface area contributed by atoms with E-state index in [0.717, 1.165) is 12.8 Å². The van der Waals surface area contributed by atoms with E-state index in [-0.39, 0.29) is 23.9 Å². The van der Waals surface area contributed by atoms with E-state index in [4.69, 9.17) is 0 Å². The normalized spacial score (nSPS) is 29.5. The molecule has 1 aliphatic carbocycles. The lowest BCUT2D eigenvalue weighted by Crippen LogP contribution is -2.44. The van der Waals surface area contributed by atoms with Crippen LogP contribution in [0, 0.1) is 5.92 Å². The van der Waals surface area contributed by atoms with Crippen LogP contribution in [0.2, 0.25) is 0 Å². The van der Waals surface area contributed by atoms with Gasteiger partial charge in [0.15, 0.2) is 0 Å². The van der Waals surface area contributed by atoms with Gasteiger partial charge in [0.2, 0.25) is 11.8 Å². The molecule has 1 saturated heterocycles. The van der Waals surface area contributed by atoms with Crippen LogP contribution in [-0.4, -0.2) is 36.5 Å². The SMILES string of the molecule is CCC(C)NC(=O)CCNC(=O)C1CC2CCCCC2N1. The number of nitrogens with one attached hydrogen (secondary N) is 3. The number of carbonyl (C=O) groups is 2. The summed E-state index contributed by atoms with van der Waals surface area (Å²) in [5.74, 6) is 0.738. The lowest BCUT2D eigenvalue weighted by molar-refractivity contribution is -0.123. The van der Waals surface area contributed by atoms with Crippen molar-refractivity contribution >= 4 is 11.8 Å². The predicted molar refractivity (Wildman–Crippen MR) is 82.8 cm³/mol. The highest BCUT2D eigenvalue weighted by atomic mass is 16.2. The Morgan fingerprint density at radius 2 is 2.05 bits per heavy atom. The van der Waals surface area contributed by atoms with Gasteiger partial charge < -0.3 is 16.0 Å². The fourth-order valence-electron chi connectivity index (χ4n) is 3.39. The maximum Gasteiger partial charge on any atom is 0.237 e. The zero-order valence-corrected chi connectivity index (χ0v) is 13.3. The number of fused-ring (bicyclic) bond motifs is 1. The number of carbonyl (C=O) groups excluding carboxylic acids is 2. The van der Waals surface area contributed by atoms with E-state index in [1.54, 1.807) is 0 Å². The average Bonchev–Trinajstić information content (AvgIpc) is 2.91. The first-order valence-electron chi connectivity index (χ1n) is 8.43. The molecule has 0 spiro atoms. The molecule has 0 aromatic rings. The highest BCUT2D eigenvalue weighted by Crippen LogP contribution is 2.33. The Labute approximate surface area is 127 Å². The van der Waals surface area contributed by atoms with Crippen molar-refractivity contribution in [3.8, 4) is 0 Å². The van der Waals surface area contributed by atoms with Gasteiger partial charge in [-0.1, -0.05) is 19.8 Å². The first kappa shape index (κ1) is 16.3. The van der Waals surface area contributed by atoms with E-state index < -0.39 is 0 Å². The molecule has 0 aromatic carbocycles. The topological polar surface area (TPSA) is 70.2 Å². The van der Waals surface area contributed by atoms with Gasteiger partial charge in [0, 0.05) is 25.0 Å². The van der Waals surface area contributed by atoms with E-state index in [1.807, 2.05) is 13.8 Å². The Hall–Kier alpha value is -1.10. The number of hydrogen-bond donors (Lipinski definition) is 3. The van der Waals surface area contributed by atoms with Gasteiger partial charge in [0.05, 0.1) is 6.04 Å². The van der Waals surface area contributed by atoms with Crippen molar-refractivity contribution in [2.45, 2.75) is 76.9 Å². The summed E-state index contributed by atoms with van der Waals surface area (Å²) in [4.78, 5) is 23.8. The maximum atomic E-state index is 12.1. The van der Waals surface area contributed by atoms with Crippen molar-refractivity contribution < 1.29 is 9.59 Å². The molecule has 3 N–H and O–H groups in total. The Morgan fingerprint density at radius 3 is 2.76 bits per heavy atom. The summed E-state index contributed by atoms with van der Waals surface area (Å²) < 4.78 is 0. The van der Waals surface area contributed by atoms with Crippen LogP contribution in [0.3, 0.4) is 0 Å². The Balaban J connectivity index is 1.65. The molecule has 21 heavy (non-hydrogen) atoms. The summed E-state index contributed by atoms with van der Waals surface area (Å²) in [6, 6.07) is 0.673. The smallest absolute Gasteiger partial charge is 0.237 e. The second-order valence-electron chi connectivity index (χ2n) is 6.52. The minimum Gasteiger partial charge on any atom is -0.354 e. The molecule has 1 heterocycles. The number of amides is 2. The van der Waals surface area contributed by atoms with E-state index >= 15 is 0 Å². The van der Waals surface area contributed by atoms with Gasteiger partial charge in [-0.25, -0.2) is 0 Å². The lowest BCUT2D eigenvalue weighted by atomic mass is 9.85. The van der Waals surface area contributed by atoms with Gasteiger partial charge in [-0.3, -0.25) is 9.59 Å². The highest BCUT2D eigenvalue weighted by Gasteiger charge is 2.37. The number of rotatable bonds is 6. The molecule has 4 unspecified atom stereocenters. The molecule has 1 aliphatic heterocycles. The Morgan fingerprint density at radius 1 is 1.29 bits per heavy atom. The monoisotopic (exact) mass is 295 g/mol. The third-order valence-corrected chi connectivity index (χ3v) is 4.85. The van der Waals surface area contributed by atoms with Gasteiger partial charge in [-0.2, -0.15) is 0 Å². The zero-order valence-electron chi connectivity index (χ0n) is 13.3. The van der Waals surface area contributed by atoms with Gasteiger partial charge in [-0.15, -0.1) is 0 Å². The molecule has 2 rings (SSSR count). The molecular weight excluding hydrogens is 266 g/mol. The van der Waals surface area contributed by atoms with Crippen LogP contribution in [0.1, 0.15) is 58.8 Å². The lowest BCUT2D eigenvalue weighted by Gasteiger charge is -2.24. The van der Waals surface area contributed by atoms with Crippen molar-refractivity contribution in [2.75, 3.05) is 6.54 Å². The molecule has 0 radical (unpaired) electrons. The summed E-state index contributed by atoms with van der Waals surface area (Å²) in [6.07, 6.45) is 7.26. The van der Waals surface area contributed by atoms with Crippen molar-refractivity contribution in [3.63, 3.8) is 0 Å². The highest BCUT2D eigenvalue weighted by molar-refractivity contribution is 5.83. The zero-order chi connectivity index (χ0) is 15.2. The van der Waals surface area contributed by atoms with Crippen molar-refractivity contribution in [3.05, 3.63) is 0 Å². The third-order valence-electron chi connectivity index (χ3n) is 4.85. The fourth-order valence-corrected chi connectivity index (χ4v) is 3.39. The second kappa shape index (κ2) is 7.78. The first-order valence-corrected chi connectivity index (χ1v) is 8.43. The first-order chi connectivity index (χ1) is 10.1. The van der Waals surface area contributed by atoms with Crippen molar-refractivity contribution in [1.82, 2.24) is 16.0 Å². The Kier molecular flexibility index (Phi) is 6.03. The van der Waals surface area contributed by atoms with Crippen LogP contribution in [0.5, 0.6) is 0 Å². The minimum atomic E-state index is -0.0595. The maximum absolute atomic E-state index is 12.1. The Bertz CT molecular complexity index is 359. The second-order valence-corrected chi connectivity index (χ2v) is 6.52. The summed E-state index contributed by atoms with van der Waals surface area (Å²) in [6.45, 7) is 4.45. The third kappa shape index (κ3) is 4.70. The fraction of sp³-hybridized carbons (Fsp3) is 0.875. The van der Waals surface area contributed by atoms with Gasteiger partial charge in [0.1, 0.15) is 0 Å². The quantitative estimate of drug-likeness (QED) is 0.692. The molecule has 2 aliphatic rings. The minimum absolute atomic E-state index is 0.0118. The summed E-state index contributed by atoms with van der Waals surface area (Å²) >= 11 is 0. The van der Waals surface area contributed by atoms with Crippen molar-refractivity contribution in [1.29, 1.82) is 0 Å². The molecular formula is C16H29N3O2. The van der Waals surface area contributed by atoms with Gasteiger partial charge in [-0.05, 0) is 38.5 Å². The van der Waals surface area contributed by atoms with E-state index in [9.17, 15) is 9.59 Å². The molecule has 2 amide bonds. The van der Waals surface area contributed by atoms with Crippen molar-refractivity contribution in [2.24, 2.45) is 5.92 Å². The van der Waals surface area contributed by atoms with Gasteiger partial charge >= 0.3 is 0 Å². The van der Waals surface area contributed by atoms with Crippen LogP contribution in [0.15, 0.2) is 0 Å². The van der Waals surface area contributed by atoms with Crippen LogP contribution in [0.4, 0.5) is 0 Å². The molecule has 0 bridgehead atoms. The molecule has 2 fully saturated rings. The van der Waals surface area contributed by atoms with Crippen LogP contribution in [-0.2, 0) is 9.59 Å². The summed E-state index contributed by atoms with van der Waals surface area (Å²) in [5.41, 5.74) is 0. The largest absolute Gasteiger partial charge is 0.354 e. The summed E-state index contributed by atoms with van der Waals surface area (Å²) in [7, 11) is 0. The van der Waals surface area contributed by atoms with Crippen LogP contribution < -0.4 is 16.0 Å². The molecule has 0 aromatic heterocycles. The standard InChI is InChI=1S/C16H29N3O2/c1-3-11(2)18-15(20)8-9-17-16(21)14-10-12-6-4-5-7-13(12)19-14/h11-14,19H,3-10H2,1-2H3,(H,17,21)(H,18,20). The van der Waals surface area contributed by atoms with Crippen LogP contribution in [0.25, 0.3) is 0 Å².